The summed E-state index contributed by atoms with van der Waals surface area (Å²) in [5.74, 6) is -0.520. The Hall–Kier alpha value is -0.840. The van der Waals surface area contributed by atoms with E-state index >= 15 is 0 Å². The van der Waals surface area contributed by atoms with E-state index in [0.717, 1.165) is 11.4 Å². The Morgan fingerprint density at radius 2 is 2.10 bits per heavy atom. The maximum atomic E-state index is 9.55. The molecule has 1 rings (SSSR count). The van der Waals surface area contributed by atoms with Crippen LogP contribution in [-0.2, 0) is 9.47 Å². The van der Waals surface area contributed by atoms with Gasteiger partial charge in [-0.3, -0.25) is 0 Å². The molecule has 1 unspecified atom stereocenters. The Morgan fingerprint density at radius 3 is 2.50 bits per heavy atom. The number of nitrogens with zero attached hydrogens (tertiary/aromatic N) is 1. The summed E-state index contributed by atoms with van der Waals surface area (Å²) < 4.78 is 11.5. The van der Waals surface area contributed by atoms with Crippen LogP contribution in [0.3, 0.4) is 0 Å². The van der Waals surface area contributed by atoms with Gasteiger partial charge in [-0.05, 0) is 27.7 Å². The molecule has 0 amide bonds. The van der Waals surface area contributed by atoms with Gasteiger partial charge in [0.25, 0.3) is 0 Å². The van der Waals surface area contributed by atoms with Crippen LogP contribution in [0.25, 0.3) is 0 Å². The largest absolute Gasteiger partial charge is 0.395 e. The van der Waals surface area contributed by atoms with Crippen molar-refractivity contribution in [3.63, 3.8) is 0 Å². The Morgan fingerprint density at radius 1 is 1.50 bits per heavy atom. The molecule has 1 fully saturated rings. The molecule has 0 bridgehead atoms. The molecule has 1 saturated heterocycles. The van der Waals surface area contributed by atoms with Crippen LogP contribution in [0.4, 0.5) is 0 Å². The number of allylic oxidation sites excluding steroid dienone is 2. The first-order valence-electron chi connectivity index (χ1n) is 7.15. The zero-order valence-corrected chi connectivity index (χ0v) is 13.7. The molecule has 1 aliphatic rings. The second kappa shape index (κ2) is 6.29. The number of aliphatic hydroxyl groups is 1. The van der Waals surface area contributed by atoms with Crippen LogP contribution in [0.2, 0.25) is 0 Å². The number of aliphatic hydroxyl groups excluding tert-OH is 1. The van der Waals surface area contributed by atoms with Crippen LogP contribution in [0, 0.1) is 5.41 Å². The average Bonchev–Trinajstić information content (AvgIpc) is 2.73. The standard InChI is InChI=1S/C16H29NO3/c1-8-12(2)17(13(3)15(4,5)11-18)9-14-10-19-16(6,7)20-14/h8,14,18H,3,9-11H2,1-2,4-7H3/b12-8+. The number of rotatable bonds is 6. The first-order valence-corrected chi connectivity index (χ1v) is 7.15. The van der Waals surface area contributed by atoms with Crippen molar-refractivity contribution in [3.8, 4) is 0 Å². The van der Waals surface area contributed by atoms with E-state index < -0.39 is 5.79 Å². The minimum Gasteiger partial charge on any atom is -0.395 e. The SMILES string of the molecule is C=C(N(CC1COC(C)(C)O1)/C(C)=C/C)C(C)(C)CO. The van der Waals surface area contributed by atoms with Crippen LogP contribution in [-0.4, -0.2) is 41.7 Å². The first-order chi connectivity index (χ1) is 9.13. The lowest BCUT2D eigenvalue weighted by atomic mass is 9.89. The van der Waals surface area contributed by atoms with Crippen LogP contribution >= 0.6 is 0 Å². The lowest BCUT2D eigenvalue weighted by Crippen LogP contribution is -2.38. The summed E-state index contributed by atoms with van der Waals surface area (Å²) in [4.78, 5) is 2.12. The van der Waals surface area contributed by atoms with Crippen molar-refractivity contribution < 1.29 is 14.6 Å². The van der Waals surface area contributed by atoms with Gasteiger partial charge in [0.15, 0.2) is 5.79 Å². The Kier molecular flexibility index (Phi) is 5.41. The summed E-state index contributed by atoms with van der Waals surface area (Å²) in [5.41, 5.74) is 1.63. The van der Waals surface area contributed by atoms with E-state index in [1.165, 1.54) is 0 Å². The van der Waals surface area contributed by atoms with Gasteiger partial charge in [0.1, 0.15) is 6.10 Å². The highest BCUT2D eigenvalue weighted by atomic mass is 16.7. The summed E-state index contributed by atoms with van der Waals surface area (Å²) >= 11 is 0. The second-order valence-electron chi connectivity index (χ2n) is 6.48. The number of ether oxygens (including phenoxy) is 2. The maximum Gasteiger partial charge on any atom is 0.163 e. The second-order valence-corrected chi connectivity index (χ2v) is 6.48. The minimum absolute atomic E-state index is 0.00569. The third-order valence-electron chi connectivity index (χ3n) is 3.80. The molecule has 0 spiro atoms. The Labute approximate surface area is 123 Å². The quantitative estimate of drug-likeness (QED) is 0.814. The Balaban J connectivity index is 2.84. The summed E-state index contributed by atoms with van der Waals surface area (Å²) in [5, 5.41) is 9.55. The van der Waals surface area contributed by atoms with Crippen LogP contribution in [0.15, 0.2) is 24.0 Å². The van der Waals surface area contributed by atoms with Crippen molar-refractivity contribution >= 4 is 0 Å². The monoisotopic (exact) mass is 283 g/mol. The van der Waals surface area contributed by atoms with E-state index in [2.05, 4.69) is 11.5 Å². The van der Waals surface area contributed by atoms with Crippen LogP contribution in [0.5, 0.6) is 0 Å². The van der Waals surface area contributed by atoms with Crippen molar-refractivity contribution in [2.75, 3.05) is 19.8 Å². The molecule has 4 nitrogen and oxygen atoms in total. The molecule has 116 valence electrons. The Bertz CT molecular complexity index is 385. The van der Waals surface area contributed by atoms with Gasteiger partial charge in [-0.15, -0.1) is 0 Å². The fourth-order valence-electron chi connectivity index (χ4n) is 2.14. The van der Waals surface area contributed by atoms with Gasteiger partial charge in [0.05, 0.1) is 19.8 Å². The van der Waals surface area contributed by atoms with Gasteiger partial charge in [0.2, 0.25) is 0 Å². The van der Waals surface area contributed by atoms with Crippen LogP contribution < -0.4 is 0 Å². The maximum absolute atomic E-state index is 9.55. The molecule has 0 saturated carbocycles. The highest BCUT2D eigenvalue weighted by Gasteiger charge is 2.35. The molecule has 20 heavy (non-hydrogen) atoms. The van der Waals surface area contributed by atoms with Crippen molar-refractivity contribution in [2.24, 2.45) is 5.41 Å². The van der Waals surface area contributed by atoms with E-state index in [1.807, 2.05) is 47.6 Å². The topological polar surface area (TPSA) is 41.9 Å². The first kappa shape index (κ1) is 17.2. The van der Waals surface area contributed by atoms with E-state index in [9.17, 15) is 5.11 Å². The molecule has 0 aromatic rings. The fourth-order valence-corrected chi connectivity index (χ4v) is 2.14. The van der Waals surface area contributed by atoms with Crippen molar-refractivity contribution in [3.05, 3.63) is 24.0 Å². The lowest BCUT2D eigenvalue weighted by molar-refractivity contribution is -0.139. The molecular weight excluding hydrogens is 254 g/mol. The van der Waals surface area contributed by atoms with Gasteiger partial charge in [0, 0.05) is 16.8 Å². The molecule has 1 atom stereocenters. The molecule has 0 aromatic carbocycles. The summed E-state index contributed by atoms with van der Waals surface area (Å²) in [6.45, 7) is 17.4. The molecule has 0 radical (unpaired) electrons. The number of hydrogen-bond acceptors (Lipinski definition) is 4. The smallest absolute Gasteiger partial charge is 0.163 e. The molecular formula is C16H29NO3. The van der Waals surface area contributed by atoms with Gasteiger partial charge in [-0.1, -0.05) is 26.5 Å². The number of hydrogen-bond donors (Lipinski definition) is 1. The van der Waals surface area contributed by atoms with Crippen molar-refractivity contribution in [1.82, 2.24) is 4.90 Å². The highest BCUT2D eigenvalue weighted by molar-refractivity contribution is 5.15. The van der Waals surface area contributed by atoms with E-state index in [4.69, 9.17) is 9.47 Å². The summed E-state index contributed by atoms with van der Waals surface area (Å²) in [7, 11) is 0. The predicted molar refractivity (Wildman–Crippen MR) is 81.0 cm³/mol. The van der Waals surface area contributed by atoms with Gasteiger partial charge >= 0.3 is 0 Å². The van der Waals surface area contributed by atoms with Gasteiger partial charge < -0.3 is 19.5 Å². The van der Waals surface area contributed by atoms with Crippen molar-refractivity contribution in [2.45, 2.75) is 53.4 Å². The van der Waals surface area contributed by atoms with Gasteiger partial charge in [-0.25, -0.2) is 0 Å². The fraction of sp³-hybridized carbons (Fsp3) is 0.750. The van der Waals surface area contributed by atoms with E-state index in [0.29, 0.717) is 13.2 Å². The predicted octanol–water partition coefficient (Wildman–Crippen LogP) is 2.90. The molecule has 0 aliphatic carbocycles. The molecule has 1 heterocycles. The van der Waals surface area contributed by atoms with E-state index in [1.54, 1.807) is 0 Å². The third-order valence-corrected chi connectivity index (χ3v) is 3.80. The average molecular weight is 283 g/mol. The van der Waals surface area contributed by atoms with Crippen molar-refractivity contribution in [1.29, 1.82) is 0 Å². The molecule has 0 aromatic heterocycles. The molecule has 4 heteroatoms. The van der Waals surface area contributed by atoms with Crippen LogP contribution in [0.1, 0.15) is 41.5 Å². The summed E-state index contributed by atoms with van der Waals surface area (Å²) in [6.07, 6.45) is 2.05. The highest BCUT2D eigenvalue weighted by Crippen LogP contribution is 2.31. The zero-order chi connectivity index (χ0) is 15.6. The molecule has 1 aliphatic heterocycles. The zero-order valence-electron chi connectivity index (χ0n) is 13.7. The lowest BCUT2D eigenvalue weighted by Gasteiger charge is -2.37. The summed E-state index contributed by atoms with van der Waals surface area (Å²) in [6, 6.07) is 0. The third kappa shape index (κ3) is 4.08. The van der Waals surface area contributed by atoms with Gasteiger partial charge in [-0.2, -0.15) is 0 Å². The molecule has 1 N–H and O–H groups in total. The minimum atomic E-state index is -0.520. The normalized spacial score (nSPS) is 22.9. The van der Waals surface area contributed by atoms with E-state index in [-0.39, 0.29) is 18.1 Å².